The van der Waals surface area contributed by atoms with Crippen LogP contribution in [0.25, 0.3) is 0 Å². The molecular formula is C15H21ClN2O3S. The lowest BCUT2D eigenvalue weighted by Crippen LogP contribution is -2.38. The number of carbonyl (C=O) groups excluding carboxylic acids is 1. The SMILES string of the molecule is CNS(=O)(=O)[C@H]1CCN(C(=O)[C@H](C)Cc2ccc(Cl)cc2)C1. The first-order chi connectivity index (χ1) is 10.3. The van der Waals surface area contributed by atoms with Gasteiger partial charge in [-0.3, -0.25) is 4.79 Å². The van der Waals surface area contributed by atoms with Crippen molar-refractivity contribution in [2.24, 2.45) is 5.92 Å². The lowest BCUT2D eigenvalue weighted by molar-refractivity contribution is -0.133. The van der Waals surface area contributed by atoms with Crippen LogP contribution in [-0.2, 0) is 21.2 Å². The van der Waals surface area contributed by atoms with Gasteiger partial charge in [-0.15, -0.1) is 0 Å². The molecule has 0 spiro atoms. The standard InChI is InChI=1S/C15H21ClN2O3S/c1-11(9-12-3-5-13(16)6-4-12)15(19)18-8-7-14(10-18)22(20,21)17-2/h3-6,11,14,17H,7-10H2,1-2H3/t11-,14+/m1/s1. The fourth-order valence-electron chi connectivity index (χ4n) is 2.72. The number of nitrogens with one attached hydrogen (secondary N) is 1. The smallest absolute Gasteiger partial charge is 0.225 e. The predicted molar refractivity (Wildman–Crippen MR) is 87.3 cm³/mol. The van der Waals surface area contributed by atoms with Crippen LogP contribution in [0.2, 0.25) is 5.02 Å². The zero-order valence-corrected chi connectivity index (χ0v) is 14.3. The lowest BCUT2D eigenvalue weighted by atomic mass is 10.00. The quantitative estimate of drug-likeness (QED) is 0.883. The normalized spacial score (nSPS) is 20.1. The second kappa shape index (κ2) is 6.98. The van der Waals surface area contributed by atoms with E-state index >= 15 is 0 Å². The van der Waals surface area contributed by atoms with Crippen LogP contribution in [0.15, 0.2) is 24.3 Å². The Morgan fingerprint density at radius 2 is 2.05 bits per heavy atom. The Hall–Kier alpha value is -1.11. The highest BCUT2D eigenvalue weighted by Gasteiger charge is 2.35. The summed E-state index contributed by atoms with van der Waals surface area (Å²) in [5.74, 6) is -0.180. The zero-order valence-electron chi connectivity index (χ0n) is 12.8. The third-order valence-corrected chi connectivity index (χ3v) is 6.14. The van der Waals surface area contributed by atoms with Crippen LogP contribution in [0, 0.1) is 5.92 Å². The fraction of sp³-hybridized carbons (Fsp3) is 0.533. The second-order valence-corrected chi connectivity index (χ2v) is 8.28. The molecule has 0 aliphatic carbocycles. The Morgan fingerprint density at radius 1 is 1.41 bits per heavy atom. The Morgan fingerprint density at radius 3 is 2.64 bits per heavy atom. The summed E-state index contributed by atoms with van der Waals surface area (Å²) >= 11 is 5.85. The topological polar surface area (TPSA) is 66.5 Å². The molecule has 1 aliphatic rings. The minimum absolute atomic E-state index is 0.00348. The summed E-state index contributed by atoms with van der Waals surface area (Å²) in [5.41, 5.74) is 1.05. The van der Waals surface area contributed by atoms with E-state index in [1.807, 2.05) is 19.1 Å². The van der Waals surface area contributed by atoms with E-state index in [4.69, 9.17) is 11.6 Å². The van der Waals surface area contributed by atoms with Crippen LogP contribution in [-0.4, -0.2) is 44.6 Å². The summed E-state index contributed by atoms with van der Waals surface area (Å²) < 4.78 is 25.9. The van der Waals surface area contributed by atoms with E-state index in [9.17, 15) is 13.2 Å². The van der Waals surface area contributed by atoms with Crippen molar-refractivity contribution in [3.05, 3.63) is 34.9 Å². The highest BCUT2D eigenvalue weighted by Crippen LogP contribution is 2.20. The van der Waals surface area contributed by atoms with Gasteiger partial charge >= 0.3 is 0 Å². The van der Waals surface area contributed by atoms with Gasteiger partial charge in [-0.25, -0.2) is 13.1 Å². The van der Waals surface area contributed by atoms with Crippen molar-refractivity contribution >= 4 is 27.5 Å². The van der Waals surface area contributed by atoms with Gasteiger partial charge in [-0.1, -0.05) is 30.7 Å². The molecule has 0 radical (unpaired) electrons. The van der Waals surface area contributed by atoms with E-state index in [0.717, 1.165) is 5.56 Å². The average molecular weight is 345 g/mol. The van der Waals surface area contributed by atoms with Crippen LogP contribution in [0.3, 0.4) is 0 Å². The van der Waals surface area contributed by atoms with E-state index in [0.29, 0.717) is 24.4 Å². The van der Waals surface area contributed by atoms with E-state index in [-0.39, 0.29) is 18.4 Å². The summed E-state index contributed by atoms with van der Waals surface area (Å²) in [5, 5.41) is 0.159. The predicted octanol–water partition coefficient (Wildman–Crippen LogP) is 1.67. The summed E-state index contributed by atoms with van der Waals surface area (Å²) in [6.07, 6.45) is 1.11. The van der Waals surface area contributed by atoms with Crippen LogP contribution in [0.1, 0.15) is 18.9 Å². The van der Waals surface area contributed by atoms with Crippen molar-refractivity contribution in [3.8, 4) is 0 Å². The molecule has 1 saturated heterocycles. The van der Waals surface area contributed by atoms with E-state index in [2.05, 4.69) is 4.72 Å². The van der Waals surface area contributed by atoms with Crippen molar-refractivity contribution in [2.45, 2.75) is 25.0 Å². The van der Waals surface area contributed by atoms with Gasteiger partial charge in [0.15, 0.2) is 0 Å². The molecule has 2 rings (SSSR count). The molecule has 0 aromatic heterocycles. The number of hydrogen-bond acceptors (Lipinski definition) is 3. The largest absolute Gasteiger partial charge is 0.341 e. The summed E-state index contributed by atoms with van der Waals surface area (Å²) in [7, 11) is -1.91. The van der Waals surface area contributed by atoms with Crippen LogP contribution in [0.5, 0.6) is 0 Å². The molecule has 0 saturated carbocycles. The molecule has 1 heterocycles. The highest BCUT2D eigenvalue weighted by atomic mass is 35.5. The number of rotatable bonds is 5. The third kappa shape index (κ3) is 4.00. The highest BCUT2D eigenvalue weighted by molar-refractivity contribution is 7.90. The molecular weight excluding hydrogens is 324 g/mol. The molecule has 2 atom stereocenters. The summed E-state index contributed by atoms with van der Waals surface area (Å²) in [6, 6.07) is 7.42. The second-order valence-electron chi connectivity index (χ2n) is 5.68. The van der Waals surface area contributed by atoms with E-state index in [1.54, 1.807) is 17.0 Å². The van der Waals surface area contributed by atoms with Crippen molar-refractivity contribution in [3.63, 3.8) is 0 Å². The van der Waals surface area contributed by atoms with Crippen LogP contribution < -0.4 is 4.72 Å². The molecule has 1 aromatic rings. The maximum absolute atomic E-state index is 12.5. The molecule has 1 aliphatic heterocycles. The van der Waals surface area contributed by atoms with E-state index < -0.39 is 15.3 Å². The molecule has 0 bridgehead atoms. The maximum atomic E-state index is 12.5. The van der Waals surface area contributed by atoms with Gasteiger partial charge in [0.05, 0.1) is 5.25 Å². The van der Waals surface area contributed by atoms with Crippen molar-refractivity contribution in [1.29, 1.82) is 0 Å². The molecule has 0 unspecified atom stereocenters. The van der Waals surface area contributed by atoms with Gasteiger partial charge in [0.25, 0.3) is 0 Å². The van der Waals surface area contributed by atoms with Crippen molar-refractivity contribution in [2.75, 3.05) is 20.1 Å². The van der Waals surface area contributed by atoms with Gasteiger partial charge in [0.1, 0.15) is 0 Å². The molecule has 5 nitrogen and oxygen atoms in total. The first-order valence-corrected chi connectivity index (χ1v) is 9.21. The van der Waals surface area contributed by atoms with Gasteiger partial charge in [0.2, 0.25) is 15.9 Å². The molecule has 1 aromatic carbocycles. The number of amides is 1. The Labute approximate surface area is 136 Å². The minimum atomic E-state index is -3.31. The fourth-order valence-corrected chi connectivity index (χ4v) is 3.97. The third-order valence-electron chi connectivity index (χ3n) is 4.06. The lowest BCUT2D eigenvalue weighted by Gasteiger charge is -2.21. The number of carbonyl (C=O) groups is 1. The van der Waals surface area contributed by atoms with Gasteiger partial charge < -0.3 is 4.90 Å². The number of likely N-dealkylation sites (tertiary alicyclic amines) is 1. The first kappa shape index (κ1) is 17.2. The summed E-state index contributed by atoms with van der Waals surface area (Å²) in [6.45, 7) is 2.64. The minimum Gasteiger partial charge on any atom is -0.341 e. The Balaban J connectivity index is 1.96. The molecule has 1 fully saturated rings. The summed E-state index contributed by atoms with van der Waals surface area (Å²) in [4.78, 5) is 14.1. The van der Waals surface area contributed by atoms with Gasteiger partial charge in [-0.2, -0.15) is 0 Å². The number of halogens is 1. The number of benzene rings is 1. The Kier molecular flexibility index (Phi) is 5.47. The van der Waals surface area contributed by atoms with E-state index in [1.165, 1.54) is 7.05 Å². The van der Waals surface area contributed by atoms with Crippen LogP contribution in [0.4, 0.5) is 0 Å². The zero-order chi connectivity index (χ0) is 16.3. The van der Waals surface area contributed by atoms with Crippen LogP contribution >= 0.6 is 11.6 Å². The first-order valence-electron chi connectivity index (χ1n) is 7.29. The number of sulfonamides is 1. The molecule has 7 heteroatoms. The number of hydrogen-bond donors (Lipinski definition) is 1. The molecule has 122 valence electrons. The Bertz CT molecular complexity index is 631. The number of nitrogens with zero attached hydrogens (tertiary/aromatic N) is 1. The average Bonchev–Trinajstić information content (AvgIpc) is 2.99. The van der Waals surface area contributed by atoms with Gasteiger partial charge in [0, 0.05) is 24.0 Å². The van der Waals surface area contributed by atoms with Crippen molar-refractivity contribution in [1.82, 2.24) is 9.62 Å². The van der Waals surface area contributed by atoms with Crippen molar-refractivity contribution < 1.29 is 13.2 Å². The monoisotopic (exact) mass is 344 g/mol. The maximum Gasteiger partial charge on any atom is 0.225 e. The molecule has 22 heavy (non-hydrogen) atoms. The molecule has 1 N–H and O–H groups in total. The molecule has 1 amide bonds. The van der Waals surface area contributed by atoms with Gasteiger partial charge in [-0.05, 0) is 37.6 Å².